The van der Waals surface area contributed by atoms with E-state index in [1.54, 1.807) is 0 Å². The van der Waals surface area contributed by atoms with Crippen LogP contribution in [0.25, 0.3) is 11.3 Å². The summed E-state index contributed by atoms with van der Waals surface area (Å²) < 4.78 is 15.6. The largest absolute Gasteiger partial charge is 0.465 e. The lowest BCUT2D eigenvalue weighted by Gasteiger charge is -2.14. The van der Waals surface area contributed by atoms with Crippen molar-refractivity contribution in [1.29, 1.82) is 0 Å². The van der Waals surface area contributed by atoms with Gasteiger partial charge in [-0.1, -0.05) is 29.8 Å². The van der Waals surface area contributed by atoms with Crippen LogP contribution in [0, 0.1) is 6.92 Å². The first-order valence-electron chi connectivity index (χ1n) is 8.14. The number of rotatable bonds is 3. The van der Waals surface area contributed by atoms with Gasteiger partial charge in [0, 0.05) is 5.56 Å². The maximum absolute atomic E-state index is 12.3. The van der Waals surface area contributed by atoms with Gasteiger partial charge < -0.3 is 13.9 Å². The zero-order valence-electron chi connectivity index (χ0n) is 15.9. The van der Waals surface area contributed by atoms with Crippen LogP contribution in [0.4, 0.5) is 0 Å². The SMILES string of the molecule is COC(=O)c1cc(-c2ccc(C)cc2)oc(=NC(C)(C)C)c1C(=O)OC. The van der Waals surface area contributed by atoms with Crippen molar-refractivity contribution in [3.8, 4) is 11.3 Å². The standard InChI is InChI=1S/C20H23NO5/c1-12-7-9-13(10-8-12)15-11-14(18(22)24-5)16(19(23)25-6)17(26-15)21-20(2,3)4/h7-11H,1-6H3. The summed E-state index contributed by atoms with van der Waals surface area (Å²) in [5.74, 6) is -0.978. The van der Waals surface area contributed by atoms with Crippen molar-refractivity contribution in [3.63, 3.8) is 0 Å². The van der Waals surface area contributed by atoms with Crippen molar-refractivity contribution in [2.75, 3.05) is 14.2 Å². The second-order valence-corrected chi connectivity index (χ2v) is 6.84. The summed E-state index contributed by atoms with van der Waals surface area (Å²) in [5, 5.41) is 0. The first-order valence-corrected chi connectivity index (χ1v) is 8.14. The highest BCUT2D eigenvalue weighted by atomic mass is 16.5. The molecule has 0 fully saturated rings. The molecule has 26 heavy (non-hydrogen) atoms. The van der Waals surface area contributed by atoms with Gasteiger partial charge in [-0.15, -0.1) is 0 Å². The molecule has 1 heterocycles. The predicted octanol–water partition coefficient (Wildman–Crippen LogP) is 3.53. The Labute approximate surface area is 152 Å². The van der Waals surface area contributed by atoms with E-state index in [0.717, 1.165) is 11.1 Å². The molecule has 0 radical (unpaired) electrons. The third kappa shape index (κ3) is 4.39. The lowest BCUT2D eigenvalue weighted by molar-refractivity contribution is 0.0549. The van der Waals surface area contributed by atoms with Gasteiger partial charge >= 0.3 is 11.9 Å². The molecule has 0 unspecified atom stereocenters. The number of nitrogens with zero attached hydrogens (tertiary/aromatic N) is 1. The highest BCUT2D eigenvalue weighted by Crippen LogP contribution is 2.22. The van der Waals surface area contributed by atoms with Crippen molar-refractivity contribution in [2.24, 2.45) is 4.99 Å². The van der Waals surface area contributed by atoms with Crippen LogP contribution in [0.2, 0.25) is 0 Å². The number of esters is 2. The Morgan fingerprint density at radius 1 is 1.00 bits per heavy atom. The summed E-state index contributed by atoms with van der Waals surface area (Å²) in [7, 11) is 2.48. The molecule has 0 saturated carbocycles. The van der Waals surface area contributed by atoms with Crippen LogP contribution < -0.4 is 5.55 Å². The number of hydrogen-bond acceptors (Lipinski definition) is 6. The Kier molecular flexibility index (Phi) is 5.65. The molecule has 0 saturated heterocycles. The molecule has 2 aromatic rings. The molecule has 2 rings (SSSR count). The molecule has 6 nitrogen and oxygen atoms in total. The van der Waals surface area contributed by atoms with Gasteiger partial charge in [0.2, 0.25) is 5.55 Å². The van der Waals surface area contributed by atoms with Gasteiger partial charge in [0.25, 0.3) is 0 Å². The number of carbonyl (C=O) groups excluding carboxylic acids is 2. The summed E-state index contributed by atoms with van der Waals surface area (Å²) in [6.07, 6.45) is 0. The molecular weight excluding hydrogens is 334 g/mol. The van der Waals surface area contributed by atoms with Crippen LogP contribution in [-0.2, 0) is 9.47 Å². The van der Waals surface area contributed by atoms with E-state index in [4.69, 9.17) is 13.9 Å². The van der Waals surface area contributed by atoms with Crippen LogP contribution in [0.1, 0.15) is 47.1 Å². The van der Waals surface area contributed by atoms with Gasteiger partial charge in [-0.25, -0.2) is 14.6 Å². The quantitative estimate of drug-likeness (QED) is 0.785. The van der Waals surface area contributed by atoms with Crippen LogP contribution in [-0.4, -0.2) is 31.7 Å². The lowest BCUT2D eigenvalue weighted by Crippen LogP contribution is -2.26. The predicted molar refractivity (Wildman–Crippen MR) is 96.9 cm³/mol. The number of ether oxygens (including phenoxy) is 2. The van der Waals surface area contributed by atoms with Crippen molar-refractivity contribution in [2.45, 2.75) is 33.2 Å². The Morgan fingerprint density at radius 3 is 2.08 bits per heavy atom. The maximum atomic E-state index is 12.3. The smallest absolute Gasteiger partial charge is 0.344 e. The number of hydrogen-bond donors (Lipinski definition) is 0. The van der Waals surface area contributed by atoms with E-state index in [1.807, 2.05) is 52.0 Å². The number of aryl methyl sites for hydroxylation is 1. The van der Waals surface area contributed by atoms with Gasteiger partial charge in [-0.3, -0.25) is 0 Å². The van der Waals surface area contributed by atoms with E-state index in [2.05, 4.69) is 4.99 Å². The van der Waals surface area contributed by atoms with Crippen LogP contribution in [0.5, 0.6) is 0 Å². The second-order valence-electron chi connectivity index (χ2n) is 6.84. The topological polar surface area (TPSA) is 78.1 Å². The third-order valence-corrected chi connectivity index (χ3v) is 3.53. The molecular formula is C20H23NO5. The first kappa shape index (κ1) is 19.4. The summed E-state index contributed by atoms with van der Waals surface area (Å²) in [4.78, 5) is 29.1. The fraction of sp³-hybridized carbons (Fsp3) is 0.350. The van der Waals surface area contributed by atoms with Crippen LogP contribution >= 0.6 is 0 Å². The highest BCUT2D eigenvalue weighted by molar-refractivity contribution is 6.03. The zero-order chi connectivity index (χ0) is 19.5. The van der Waals surface area contributed by atoms with Crippen LogP contribution in [0.3, 0.4) is 0 Å². The van der Waals surface area contributed by atoms with Crippen molar-refractivity contribution in [3.05, 3.63) is 52.6 Å². The van der Waals surface area contributed by atoms with Crippen molar-refractivity contribution < 1.29 is 23.5 Å². The molecule has 0 amide bonds. The first-order chi connectivity index (χ1) is 12.2. The van der Waals surface area contributed by atoms with Gasteiger partial charge in [-0.05, 0) is 33.8 Å². The minimum atomic E-state index is -0.715. The summed E-state index contributed by atoms with van der Waals surface area (Å²) >= 11 is 0. The summed E-state index contributed by atoms with van der Waals surface area (Å²) in [5.41, 5.74) is 1.33. The number of benzene rings is 1. The van der Waals surface area contributed by atoms with Gasteiger partial charge in [0.05, 0.1) is 25.3 Å². The highest BCUT2D eigenvalue weighted by Gasteiger charge is 2.25. The molecule has 1 aromatic carbocycles. The monoisotopic (exact) mass is 357 g/mol. The normalized spacial score (nSPS) is 12.0. The molecule has 6 heteroatoms. The maximum Gasteiger partial charge on any atom is 0.344 e. The fourth-order valence-electron chi connectivity index (χ4n) is 2.32. The number of carbonyl (C=O) groups is 2. The van der Waals surface area contributed by atoms with E-state index < -0.39 is 17.5 Å². The molecule has 138 valence electrons. The van der Waals surface area contributed by atoms with Gasteiger partial charge in [-0.2, -0.15) is 0 Å². The molecule has 0 aliphatic carbocycles. The van der Waals surface area contributed by atoms with Crippen molar-refractivity contribution in [1.82, 2.24) is 0 Å². The number of methoxy groups -OCH3 is 2. The van der Waals surface area contributed by atoms with Crippen molar-refractivity contribution >= 4 is 11.9 Å². The van der Waals surface area contributed by atoms with Gasteiger partial charge in [0.15, 0.2) is 0 Å². The lowest BCUT2D eigenvalue weighted by atomic mass is 10.0. The minimum absolute atomic E-state index is 0.0304. The van der Waals surface area contributed by atoms with E-state index >= 15 is 0 Å². The molecule has 1 aromatic heterocycles. The molecule has 0 aliphatic rings. The Morgan fingerprint density at radius 2 is 1.58 bits per heavy atom. The summed E-state index contributed by atoms with van der Waals surface area (Å²) in [6.45, 7) is 7.56. The summed E-state index contributed by atoms with van der Waals surface area (Å²) in [6, 6.07) is 9.07. The zero-order valence-corrected chi connectivity index (χ0v) is 15.9. The molecule has 0 N–H and O–H groups in total. The van der Waals surface area contributed by atoms with E-state index in [9.17, 15) is 9.59 Å². The van der Waals surface area contributed by atoms with Gasteiger partial charge in [0.1, 0.15) is 11.3 Å². The minimum Gasteiger partial charge on any atom is -0.465 e. The fourth-order valence-corrected chi connectivity index (χ4v) is 2.32. The molecule has 0 atom stereocenters. The Hall–Kier alpha value is -2.89. The van der Waals surface area contributed by atoms with Crippen LogP contribution in [0.15, 0.2) is 39.7 Å². The third-order valence-electron chi connectivity index (χ3n) is 3.53. The Bertz CT molecular complexity index is 886. The molecule has 0 aliphatic heterocycles. The second kappa shape index (κ2) is 7.56. The Balaban J connectivity index is 2.87. The van der Waals surface area contributed by atoms with E-state index in [-0.39, 0.29) is 16.7 Å². The average molecular weight is 357 g/mol. The molecule has 0 spiro atoms. The average Bonchev–Trinajstić information content (AvgIpc) is 2.59. The van der Waals surface area contributed by atoms with E-state index in [0.29, 0.717) is 5.76 Å². The van der Waals surface area contributed by atoms with E-state index in [1.165, 1.54) is 20.3 Å². The molecule has 0 bridgehead atoms.